The maximum absolute atomic E-state index is 12.9. The van der Waals surface area contributed by atoms with Gasteiger partial charge in [-0.25, -0.2) is 0 Å². The monoisotopic (exact) mass is 471 g/mol. The summed E-state index contributed by atoms with van der Waals surface area (Å²) in [5.74, 6) is -1.76. The molecule has 1 aliphatic heterocycles. The molecule has 1 aliphatic rings. The van der Waals surface area contributed by atoms with Gasteiger partial charge in [0.2, 0.25) is 0 Å². The van der Waals surface area contributed by atoms with Gasteiger partial charge in [0, 0.05) is 5.56 Å². The van der Waals surface area contributed by atoms with Crippen LogP contribution in [0, 0.1) is 13.8 Å². The van der Waals surface area contributed by atoms with Gasteiger partial charge in [0.1, 0.15) is 0 Å². The molecule has 2 rings (SSSR count). The Kier molecular flexibility index (Phi) is 12.6. The third kappa shape index (κ3) is 6.64. The molecular weight excluding hydrogens is 434 g/mol. The van der Waals surface area contributed by atoms with Crippen molar-refractivity contribution in [2.45, 2.75) is 60.2 Å². The fourth-order valence-electron chi connectivity index (χ4n) is 3.15. The zero-order valence-electron chi connectivity index (χ0n) is 19.0. The summed E-state index contributed by atoms with van der Waals surface area (Å²) >= 11 is 0. The minimum absolute atomic E-state index is 0. The lowest BCUT2D eigenvalue weighted by Gasteiger charge is -2.30. The number of rotatable bonds is 8. The van der Waals surface area contributed by atoms with Crippen molar-refractivity contribution in [3.63, 3.8) is 0 Å². The molecular formula is C22H37N3O8. The summed E-state index contributed by atoms with van der Waals surface area (Å²) in [4.78, 5) is 37.9. The minimum Gasteiger partial charge on any atom is -0.478 e. The van der Waals surface area contributed by atoms with E-state index in [0.29, 0.717) is 5.56 Å². The Hall–Kier alpha value is -2.73. The van der Waals surface area contributed by atoms with Crippen molar-refractivity contribution in [3.05, 3.63) is 22.3 Å². The van der Waals surface area contributed by atoms with Crippen LogP contribution in [0.2, 0.25) is 0 Å². The quantitative estimate of drug-likeness (QED) is 0.274. The van der Waals surface area contributed by atoms with Crippen LogP contribution in [0.3, 0.4) is 0 Å². The molecule has 1 aromatic rings. The third-order valence-electron chi connectivity index (χ3n) is 4.87. The van der Waals surface area contributed by atoms with E-state index in [9.17, 15) is 34.8 Å². The van der Waals surface area contributed by atoms with Gasteiger partial charge in [-0.1, -0.05) is 21.3 Å². The van der Waals surface area contributed by atoms with Crippen LogP contribution in [0.25, 0.3) is 0 Å². The Bertz CT molecular complexity index is 836. The van der Waals surface area contributed by atoms with E-state index in [-0.39, 0.29) is 35.6 Å². The van der Waals surface area contributed by atoms with Crippen LogP contribution in [0.15, 0.2) is 0 Å². The second kappa shape index (κ2) is 13.7. The molecule has 11 nitrogen and oxygen atoms in total. The predicted molar refractivity (Wildman–Crippen MR) is 124 cm³/mol. The highest BCUT2D eigenvalue weighted by atomic mass is 16.5. The number of anilines is 1. The van der Waals surface area contributed by atoms with Gasteiger partial charge in [-0.15, -0.1) is 0 Å². The molecule has 1 heterocycles. The number of benzene rings is 1. The van der Waals surface area contributed by atoms with Gasteiger partial charge < -0.3 is 41.1 Å². The van der Waals surface area contributed by atoms with Crippen molar-refractivity contribution in [1.29, 1.82) is 0 Å². The van der Waals surface area contributed by atoms with E-state index in [4.69, 9.17) is 4.74 Å². The third-order valence-corrected chi connectivity index (χ3v) is 4.87. The first-order valence-corrected chi connectivity index (χ1v) is 10.4. The first-order chi connectivity index (χ1) is 15.2. The molecule has 7 N–H and O–H groups in total. The summed E-state index contributed by atoms with van der Waals surface area (Å²) < 4.78 is 5.66. The second-order valence-electron chi connectivity index (χ2n) is 7.02. The minimum atomic E-state index is -0.935. The first kappa shape index (κ1) is 30.3. The van der Waals surface area contributed by atoms with Crippen molar-refractivity contribution >= 4 is 23.4 Å². The summed E-state index contributed by atoms with van der Waals surface area (Å²) in [6.45, 7) is 6.58. The molecule has 0 spiro atoms. The lowest BCUT2D eigenvalue weighted by Crippen LogP contribution is -2.43. The number of carbonyl (C=O) groups is 3. The molecule has 0 fully saturated rings. The van der Waals surface area contributed by atoms with Crippen LogP contribution in [0.5, 0.6) is 5.75 Å². The fourth-order valence-corrected chi connectivity index (χ4v) is 3.15. The maximum atomic E-state index is 12.9. The van der Waals surface area contributed by atoms with Gasteiger partial charge in [-0.2, -0.15) is 0 Å². The summed E-state index contributed by atoms with van der Waals surface area (Å²) in [6.07, 6.45) is -0.887. The van der Waals surface area contributed by atoms with E-state index in [2.05, 4.69) is 16.0 Å². The fraction of sp³-hybridized carbons (Fsp3) is 0.591. The average molecular weight is 472 g/mol. The molecule has 11 heteroatoms. The van der Waals surface area contributed by atoms with E-state index in [1.54, 1.807) is 6.92 Å². The van der Waals surface area contributed by atoms with Gasteiger partial charge >= 0.3 is 0 Å². The highest BCUT2D eigenvalue weighted by molar-refractivity contribution is 6.10. The van der Waals surface area contributed by atoms with Gasteiger partial charge in [-0.05, 0) is 31.9 Å². The highest BCUT2D eigenvalue weighted by Gasteiger charge is 2.35. The molecule has 0 aliphatic carbocycles. The molecule has 33 heavy (non-hydrogen) atoms. The number of fused-ring (bicyclic) bond motifs is 1. The van der Waals surface area contributed by atoms with Crippen LogP contribution in [0.4, 0.5) is 5.69 Å². The number of carbonyl (C=O) groups excluding carboxylic acids is 3. The number of aliphatic hydroxyl groups is 4. The van der Waals surface area contributed by atoms with Crippen LogP contribution in [0.1, 0.15) is 60.0 Å². The van der Waals surface area contributed by atoms with Crippen molar-refractivity contribution in [2.24, 2.45) is 0 Å². The Morgan fingerprint density at radius 3 is 1.76 bits per heavy atom. The number of ether oxygens (including phenoxy) is 1. The normalized spacial score (nSPS) is 14.3. The van der Waals surface area contributed by atoms with Crippen LogP contribution >= 0.6 is 0 Å². The van der Waals surface area contributed by atoms with Crippen molar-refractivity contribution < 1.29 is 39.5 Å². The van der Waals surface area contributed by atoms with Crippen molar-refractivity contribution in [2.75, 3.05) is 31.7 Å². The Balaban J connectivity index is 0.00000332. The molecule has 1 aromatic carbocycles. The molecule has 1 unspecified atom stereocenters. The van der Waals surface area contributed by atoms with E-state index >= 15 is 0 Å². The molecule has 0 saturated carbocycles. The molecule has 0 aromatic heterocycles. The number of nitrogens with one attached hydrogen (secondary N) is 3. The van der Waals surface area contributed by atoms with Crippen molar-refractivity contribution in [1.82, 2.24) is 10.6 Å². The SMILES string of the molecule is C.CC.Cc1c2c(c(C(=O)NC(CO)CO)c(C)c1C(=O)NC(CO)CO)OC(C)C(=O)N2. The van der Waals surface area contributed by atoms with Crippen LogP contribution < -0.4 is 20.7 Å². The van der Waals surface area contributed by atoms with Gasteiger partial charge in [0.15, 0.2) is 11.9 Å². The van der Waals surface area contributed by atoms with Crippen LogP contribution in [-0.4, -0.2) is 82.8 Å². The lowest BCUT2D eigenvalue weighted by molar-refractivity contribution is -0.122. The summed E-state index contributed by atoms with van der Waals surface area (Å²) in [5.41, 5.74) is 0.743. The van der Waals surface area contributed by atoms with Gasteiger partial charge in [-0.3, -0.25) is 14.4 Å². The summed E-state index contributed by atoms with van der Waals surface area (Å²) in [7, 11) is 0. The number of amides is 3. The Morgan fingerprint density at radius 2 is 1.33 bits per heavy atom. The maximum Gasteiger partial charge on any atom is 0.265 e. The zero-order valence-corrected chi connectivity index (χ0v) is 19.0. The molecule has 0 radical (unpaired) electrons. The van der Waals surface area contributed by atoms with E-state index in [0.717, 1.165) is 0 Å². The highest BCUT2D eigenvalue weighted by Crippen LogP contribution is 2.41. The topological polar surface area (TPSA) is 177 Å². The first-order valence-electron chi connectivity index (χ1n) is 10.4. The number of aliphatic hydroxyl groups excluding tert-OH is 4. The van der Waals surface area contributed by atoms with Gasteiger partial charge in [0.25, 0.3) is 17.7 Å². The second-order valence-corrected chi connectivity index (χ2v) is 7.02. The largest absolute Gasteiger partial charge is 0.478 e. The zero-order chi connectivity index (χ0) is 24.6. The molecule has 0 saturated heterocycles. The summed E-state index contributed by atoms with van der Waals surface area (Å²) in [5, 5.41) is 44.6. The average Bonchev–Trinajstić information content (AvgIpc) is 2.78. The van der Waals surface area contributed by atoms with E-state index in [1.165, 1.54) is 13.8 Å². The van der Waals surface area contributed by atoms with E-state index < -0.39 is 62.3 Å². The standard InChI is InChI=1S/C19H27N3O8.C2H6.CH4/c1-8-13(18(28)20-11(4-23)5-24)9(2)15-16(30-10(3)17(27)22-15)14(8)19(29)21-12(6-25)7-26;1-2;/h10-12,23-26H,4-7H2,1-3H3,(H,20,28)(H,21,29)(H,22,27);1-2H3;1H4. The Labute approximate surface area is 194 Å². The lowest BCUT2D eigenvalue weighted by atomic mass is 9.92. The van der Waals surface area contributed by atoms with Gasteiger partial charge in [0.05, 0.1) is 49.8 Å². The molecule has 0 bridgehead atoms. The number of hydrogen-bond acceptors (Lipinski definition) is 8. The van der Waals surface area contributed by atoms with E-state index in [1.807, 2.05) is 13.8 Å². The van der Waals surface area contributed by atoms with Crippen LogP contribution in [-0.2, 0) is 4.79 Å². The number of hydrogen-bond donors (Lipinski definition) is 7. The predicted octanol–water partition coefficient (Wildman–Crippen LogP) is -0.149. The van der Waals surface area contributed by atoms with Crippen molar-refractivity contribution in [3.8, 4) is 5.75 Å². The molecule has 3 amide bonds. The molecule has 188 valence electrons. The smallest absolute Gasteiger partial charge is 0.265 e. The molecule has 1 atom stereocenters. The summed E-state index contributed by atoms with van der Waals surface area (Å²) in [6, 6.07) is -1.85. The Morgan fingerprint density at radius 1 is 0.909 bits per heavy atom.